The molecule has 2 N–H and O–H groups in total. The molecule has 2 rings (SSSR count). The quantitative estimate of drug-likeness (QED) is 0.758. The number of carbonyl (C=O) groups is 1. The molecule has 7 heteroatoms. The van der Waals surface area contributed by atoms with Crippen LogP contribution >= 0.6 is 0 Å². The number of hydrogen-bond donors (Lipinski definition) is 2. The fourth-order valence-corrected chi connectivity index (χ4v) is 3.38. The van der Waals surface area contributed by atoms with Gasteiger partial charge in [-0.25, -0.2) is 0 Å². The molecule has 0 aromatic heterocycles. The Morgan fingerprint density at radius 1 is 1.30 bits per heavy atom. The zero-order chi connectivity index (χ0) is 14.6. The van der Waals surface area contributed by atoms with Gasteiger partial charge in [-0.1, -0.05) is 18.2 Å². The van der Waals surface area contributed by atoms with Crippen molar-refractivity contribution in [2.24, 2.45) is 0 Å². The number of nitrogens with zero attached hydrogens (tertiary/aromatic N) is 1. The highest BCUT2D eigenvalue weighted by Crippen LogP contribution is 2.23. The lowest BCUT2D eigenvalue weighted by Gasteiger charge is -2.24. The third kappa shape index (κ3) is 4.21. The van der Waals surface area contributed by atoms with Crippen molar-refractivity contribution in [1.82, 2.24) is 4.72 Å². The van der Waals surface area contributed by atoms with Crippen molar-refractivity contribution in [2.75, 3.05) is 10.8 Å². The van der Waals surface area contributed by atoms with Gasteiger partial charge in [0.25, 0.3) is 0 Å². The van der Waals surface area contributed by atoms with Crippen molar-refractivity contribution >= 4 is 21.9 Å². The number of nitrogens with one attached hydrogen (secondary N) is 1. The van der Waals surface area contributed by atoms with Gasteiger partial charge in [-0.3, -0.25) is 9.10 Å². The Kier molecular flexibility index (Phi) is 4.61. The third-order valence-corrected chi connectivity index (χ3v) is 4.58. The van der Waals surface area contributed by atoms with Crippen LogP contribution in [-0.2, 0) is 15.0 Å². The van der Waals surface area contributed by atoms with Gasteiger partial charge in [0.15, 0.2) is 0 Å². The summed E-state index contributed by atoms with van der Waals surface area (Å²) in [7, 11) is -3.62. The van der Waals surface area contributed by atoms with E-state index in [2.05, 4.69) is 4.72 Å². The van der Waals surface area contributed by atoms with E-state index < -0.39 is 16.2 Å². The zero-order valence-corrected chi connectivity index (χ0v) is 11.8. The summed E-state index contributed by atoms with van der Waals surface area (Å²) in [5, 5.41) is 8.67. The van der Waals surface area contributed by atoms with Crippen LogP contribution in [0.2, 0.25) is 0 Å². The highest BCUT2D eigenvalue weighted by Gasteiger charge is 2.31. The number of hydrogen-bond acceptors (Lipinski definition) is 3. The fourth-order valence-electron chi connectivity index (χ4n) is 1.83. The molecule has 1 fully saturated rings. The molecule has 1 aromatic rings. The van der Waals surface area contributed by atoms with E-state index >= 15 is 0 Å². The van der Waals surface area contributed by atoms with Gasteiger partial charge in [0.05, 0.1) is 5.69 Å². The molecule has 110 valence electrons. The van der Waals surface area contributed by atoms with Gasteiger partial charge < -0.3 is 5.11 Å². The summed E-state index contributed by atoms with van der Waals surface area (Å²) in [6, 6.07) is 8.74. The summed E-state index contributed by atoms with van der Waals surface area (Å²) in [6.45, 7) is 0.151. The van der Waals surface area contributed by atoms with Crippen LogP contribution in [0.15, 0.2) is 30.3 Å². The Bertz CT molecular complexity index is 555. The second-order valence-corrected chi connectivity index (χ2v) is 6.43. The zero-order valence-electron chi connectivity index (χ0n) is 11.0. The molecule has 1 aromatic carbocycles. The molecule has 0 bridgehead atoms. The predicted molar refractivity (Wildman–Crippen MR) is 75.7 cm³/mol. The van der Waals surface area contributed by atoms with E-state index in [0.29, 0.717) is 5.69 Å². The first-order valence-corrected chi connectivity index (χ1v) is 8.00. The smallest absolute Gasteiger partial charge is 0.303 e. The van der Waals surface area contributed by atoms with Crippen LogP contribution < -0.4 is 9.03 Å². The molecule has 0 amide bonds. The number of aliphatic carboxylic acids is 1. The minimum Gasteiger partial charge on any atom is -0.481 e. The summed E-state index contributed by atoms with van der Waals surface area (Å²) < 4.78 is 28.5. The van der Waals surface area contributed by atoms with Gasteiger partial charge in [0.2, 0.25) is 0 Å². The average molecular weight is 298 g/mol. The Morgan fingerprint density at radius 2 is 1.95 bits per heavy atom. The van der Waals surface area contributed by atoms with Crippen LogP contribution in [0.5, 0.6) is 0 Å². The van der Waals surface area contributed by atoms with Crippen LogP contribution in [0.4, 0.5) is 5.69 Å². The minimum atomic E-state index is -3.62. The number of carboxylic acid groups (broad SMARTS) is 1. The van der Waals surface area contributed by atoms with Crippen molar-refractivity contribution < 1.29 is 18.3 Å². The molecular formula is C13H18N2O4S. The second-order valence-electron chi connectivity index (χ2n) is 4.80. The molecule has 1 saturated carbocycles. The van der Waals surface area contributed by atoms with Gasteiger partial charge in [-0.2, -0.15) is 13.1 Å². The highest BCUT2D eigenvalue weighted by atomic mass is 32.2. The molecule has 0 heterocycles. The van der Waals surface area contributed by atoms with Gasteiger partial charge in [0, 0.05) is 19.0 Å². The van der Waals surface area contributed by atoms with E-state index in [9.17, 15) is 13.2 Å². The number of carboxylic acids is 1. The Morgan fingerprint density at radius 3 is 2.50 bits per heavy atom. The van der Waals surface area contributed by atoms with Crippen LogP contribution in [0.25, 0.3) is 0 Å². The van der Waals surface area contributed by atoms with Gasteiger partial charge >= 0.3 is 16.2 Å². The van der Waals surface area contributed by atoms with E-state index in [1.165, 1.54) is 4.31 Å². The summed E-state index contributed by atoms with van der Waals surface area (Å²) in [5.41, 5.74) is 0.547. The van der Waals surface area contributed by atoms with Crippen LogP contribution in [0, 0.1) is 0 Å². The largest absolute Gasteiger partial charge is 0.481 e. The average Bonchev–Trinajstić information content (AvgIpc) is 3.18. The lowest BCUT2D eigenvalue weighted by Crippen LogP contribution is -2.42. The van der Waals surface area contributed by atoms with Crippen LogP contribution in [-0.4, -0.2) is 32.1 Å². The van der Waals surface area contributed by atoms with Gasteiger partial charge in [0.1, 0.15) is 0 Å². The van der Waals surface area contributed by atoms with E-state index in [1.807, 2.05) is 0 Å². The third-order valence-electron chi connectivity index (χ3n) is 2.98. The Labute approximate surface area is 118 Å². The van der Waals surface area contributed by atoms with E-state index in [4.69, 9.17) is 5.11 Å². The summed E-state index contributed by atoms with van der Waals surface area (Å²) in [6.07, 6.45) is 1.94. The van der Waals surface area contributed by atoms with E-state index in [-0.39, 0.29) is 25.4 Å². The van der Waals surface area contributed by atoms with Crippen molar-refractivity contribution in [3.05, 3.63) is 30.3 Å². The van der Waals surface area contributed by atoms with Gasteiger partial charge in [-0.05, 0) is 31.4 Å². The molecule has 0 spiro atoms. The number of rotatable bonds is 8. The van der Waals surface area contributed by atoms with Crippen molar-refractivity contribution in [3.63, 3.8) is 0 Å². The monoisotopic (exact) mass is 298 g/mol. The maximum Gasteiger partial charge on any atom is 0.303 e. The Balaban J connectivity index is 2.12. The SMILES string of the molecule is O=C(O)CCCN(c1ccccc1)S(=O)(=O)NC1CC1. The molecule has 1 aliphatic carbocycles. The second kappa shape index (κ2) is 6.23. The molecule has 20 heavy (non-hydrogen) atoms. The first kappa shape index (κ1) is 14.8. The van der Waals surface area contributed by atoms with Crippen LogP contribution in [0.3, 0.4) is 0 Å². The lowest BCUT2D eigenvalue weighted by atomic mass is 10.3. The predicted octanol–water partition coefficient (Wildman–Crippen LogP) is 1.35. The molecule has 0 aliphatic heterocycles. The molecule has 0 atom stereocenters. The first-order valence-electron chi connectivity index (χ1n) is 6.56. The number of benzene rings is 1. The number of para-hydroxylation sites is 1. The summed E-state index contributed by atoms with van der Waals surface area (Å²) in [4.78, 5) is 10.6. The lowest BCUT2D eigenvalue weighted by molar-refractivity contribution is -0.137. The molecular weight excluding hydrogens is 280 g/mol. The molecule has 0 unspecified atom stereocenters. The number of anilines is 1. The topological polar surface area (TPSA) is 86.7 Å². The van der Waals surface area contributed by atoms with Gasteiger partial charge in [-0.15, -0.1) is 0 Å². The molecule has 1 aliphatic rings. The Hall–Kier alpha value is -1.60. The molecule has 0 radical (unpaired) electrons. The maximum absolute atomic E-state index is 12.3. The van der Waals surface area contributed by atoms with Crippen molar-refractivity contribution in [2.45, 2.75) is 31.7 Å². The standard InChI is InChI=1S/C13H18N2O4S/c16-13(17)7-4-10-15(12-5-2-1-3-6-12)20(18,19)14-11-8-9-11/h1-3,5-6,11,14H,4,7-10H2,(H,16,17). The summed E-state index contributed by atoms with van der Waals surface area (Å²) in [5.74, 6) is -0.925. The minimum absolute atomic E-state index is 0.0192. The summed E-state index contributed by atoms with van der Waals surface area (Å²) >= 11 is 0. The highest BCUT2D eigenvalue weighted by molar-refractivity contribution is 7.90. The van der Waals surface area contributed by atoms with Crippen molar-refractivity contribution in [1.29, 1.82) is 0 Å². The maximum atomic E-state index is 12.3. The normalized spacial score (nSPS) is 15.0. The molecule has 6 nitrogen and oxygen atoms in total. The van der Waals surface area contributed by atoms with E-state index in [0.717, 1.165) is 12.8 Å². The molecule has 0 saturated heterocycles. The van der Waals surface area contributed by atoms with E-state index in [1.54, 1.807) is 30.3 Å². The first-order chi connectivity index (χ1) is 9.49. The van der Waals surface area contributed by atoms with Crippen molar-refractivity contribution in [3.8, 4) is 0 Å². The van der Waals surface area contributed by atoms with Crippen LogP contribution in [0.1, 0.15) is 25.7 Å². The fraction of sp³-hybridized carbons (Fsp3) is 0.462.